The molecular formula is C30H39ClF2N2O2S. The van der Waals surface area contributed by atoms with E-state index in [1.807, 2.05) is 6.92 Å². The number of hydrogen-bond acceptors (Lipinski definition) is 4. The maximum Gasteiger partial charge on any atom is 0.264 e. The van der Waals surface area contributed by atoms with Crippen LogP contribution < -0.4 is 4.90 Å². The molecule has 0 aliphatic heterocycles. The maximum atomic E-state index is 14.2. The molecule has 8 heteroatoms. The van der Waals surface area contributed by atoms with Crippen molar-refractivity contribution in [3.8, 4) is 0 Å². The number of aldehydes is 1. The first-order valence-electron chi connectivity index (χ1n) is 12.4. The van der Waals surface area contributed by atoms with Gasteiger partial charge in [-0.3, -0.25) is 9.59 Å². The first-order valence-corrected chi connectivity index (χ1v) is 13.2. The number of hydrogen-bond donors (Lipinski definition) is 1. The van der Waals surface area contributed by atoms with Crippen molar-refractivity contribution < 1.29 is 18.4 Å². The zero-order valence-electron chi connectivity index (χ0n) is 22.7. The van der Waals surface area contributed by atoms with Crippen LogP contribution in [-0.4, -0.2) is 43.3 Å². The van der Waals surface area contributed by atoms with Crippen LogP contribution in [0.25, 0.3) is 0 Å². The highest BCUT2D eigenvalue weighted by molar-refractivity contribution is 7.80. The topological polar surface area (TPSA) is 40.6 Å². The number of nitrogens with zero attached hydrogens (tertiary/aromatic N) is 2. The van der Waals surface area contributed by atoms with E-state index in [1.165, 1.54) is 11.0 Å². The molecule has 2 rings (SSSR count). The lowest BCUT2D eigenvalue weighted by atomic mass is 10.1. The van der Waals surface area contributed by atoms with Crippen LogP contribution in [0, 0.1) is 11.6 Å². The molecule has 2 aromatic rings. The van der Waals surface area contributed by atoms with Gasteiger partial charge >= 0.3 is 0 Å². The van der Waals surface area contributed by atoms with Gasteiger partial charge in [0.25, 0.3) is 5.91 Å². The van der Waals surface area contributed by atoms with Gasteiger partial charge in [0.2, 0.25) is 0 Å². The molecule has 0 heterocycles. The van der Waals surface area contributed by atoms with Crippen molar-refractivity contribution in [1.82, 2.24) is 4.90 Å². The molecular weight excluding hydrogens is 526 g/mol. The number of allylic oxidation sites excluding steroid dienone is 4. The molecule has 0 bridgehead atoms. The molecule has 0 aliphatic carbocycles. The summed E-state index contributed by atoms with van der Waals surface area (Å²) in [6, 6.07) is 8.28. The quantitative estimate of drug-likeness (QED) is 0.0983. The van der Waals surface area contributed by atoms with E-state index in [9.17, 15) is 18.4 Å². The Morgan fingerprint density at radius 3 is 2.00 bits per heavy atom. The van der Waals surface area contributed by atoms with E-state index in [2.05, 4.69) is 44.5 Å². The lowest BCUT2D eigenvalue weighted by Crippen LogP contribution is -2.34. The van der Waals surface area contributed by atoms with Crippen LogP contribution in [0.5, 0.6) is 0 Å². The first-order chi connectivity index (χ1) is 18.1. The normalized spacial score (nSPS) is 10.5. The molecule has 208 valence electrons. The van der Waals surface area contributed by atoms with Crippen LogP contribution >= 0.6 is 24.2 Å². The summed E-state index contributed by atoms with van der Waals surface area (Å²) in [6.07, 6.45) is 7.43. The molecule has 0 unspecified atom stereocenters. The summed E-state index contributed by atoms with van der Waals surface area (Å²) >= 11 is 10.4. The third-order valence-electron chi connectivity index (χ3n) is 5.46. The highest BCUT2D eigenvalue weighted by Crippen LogP contribution is 2.30. The fourth-order valence-electron chi connectivity index (χ4n) is 3.11. The number of carbonyl (C=O) groups is 2. The third-order valence-corrected chi connectivity index (χ3v) is 6.05. The van der Waals surface area contributed by atoms with Crippen LogP contribution in [0.1, 0.15) is 50.9 Å². The van der Waals surface area contributed by atoms with E-state index in [0.717, 1.165) is 50.0 Å². The van der Waals surface area contributed by atoms with Crippen molar-refractivity contribution in [2.24, 2.45) is 0 Å². The van der Waals surface area contributed by atoms with Gasteiger partial charge < -0.3 is 9.80 Å². The van der Waals surface area contributed by atoms with Gasteiger partial charge in [-0.2, -0.15) is 0 Å². The van der Waals surface area contributed by atoms with Gasteiger partial charge in [0.15, 0.2) is 0 Å². The number of anilines is 1. The molecule has 0 spiro atoms. The fourth-order valence-corrected chi connectivity index (χ4v) is 3.69. The minimum atomic E-state index is -0.882. The molecule has 1 amide bonds. The van der Waals surface area contributed by atoms with E-state index in [1.54, 1.807) is 43.4 Å². The predicted octanol–water partition coefficient (Wildman–Crippen LogP) is 8.19. The molecule has 0 atom stereocenters. The molecule has 2 aromatic carbocycles. The second-order valence-corrected chi connectivity index (χ2v) is 8.96. The van der Waals surface area contributed by atoms with E-state index in [4.69, 9.17) is 11.6 Å². The van der Waals surface area contributed by atoms with Crippen molar-refractivity contribution in [2.45, 2.75) is 45.4 Å². The molecule has 4 nitrogen and oxygen atoms in total. The van der Waals surface area contributed by atoms with E-state index in [0.29, 0.717) is 28.6 Å². The Balaban J connectivity index is 0.00000116. The Morgan fingerprint density at radius 1 is 1.03 bits per heavy atom. The van der Waals surface area contributed by atoms with Crippen molar-refractivity contribution in [2.75, 3.05) is 31.1 Å². The largest absolute Gasteiger partial charge is 0.307 e. The molecule has 38 heavy (non-hydrogen) atoms. The summed E-state index contributed by atoms with van der Waals surface area (Å²) in [6.45, 7) is 17.7. The van der Waals surface area contributed by atoms with Gasteiger partial charge in [0, 0.05) is 16.5 Å². The standard InChI is InChI=1S/C21H25ClF2N2OS.C5H8O.C4H6/c1-3-25(4-2)12-5-6-13-26(18-11-10-15(22)14-19(18)28)21(27)20-16(23)8-7-9-17(20)24;1-3-5(2)4-6;1-3-4-2/h7-11,14,28H,3-6,12-13H2,1-2H3;3-4H,1-2H3;3-4H,1-2H2/b;5-3+;. The van der Waals surface area contributed by atoms with Gasteiger partial charge in [-0.1, -0.05) is 62.9 Å². The van der Waals surface area contributed by atoms with Crippen molar-refractivity contribution in [1.29, 1.82) is 0 Å². The molecule has 0 aliphatic rings. The Hall–Kier alpha value is -2.74. The highest BCUT2D eigenvalue weighted by Gasteiger charge is 2.25. The summed E-state index contributed by atoms with van der Waals surface area (Å²) in [5.41, 5.74) is 0.701. The number of thiol groups is 1. The van der Waals surface area contributed by atoms with Gasteiger partial charge in [0.1, 0.15) is 23.5 Å². The molecule has 0 saturated carbocycles. The number of amides is 1. The SMILES string of the molecule is C/C=C(\C)C=O.C=CC=C.CCN(CC)CCCCN(C(=O)c1c(F)cccc1F)c1ccc(Cl)cc1S. The predicted molar refractivity (Wildman–Crippen MR) is 160 cm³/mol. The first kappa shape index (κ1) is 35.3. The van der Waals surface area contributed by atoms with E-state index >= 15 is 0 Å². The van der Waals surface area contributed by atoms with Crippen molar-refractivity contribution in [3.63, 3.8) is 0 Å². The van der Waals surface area contributed by atoms with Crippen molar-refractivity contribution >= 4 is 42.1 Å². The average Bonchev–Trinajstić information content (AvgIpc) is 2.91. The number of unbranched alkanes of at least 4 members (excludes halogenated alkanes) is 1. The summed E-state index contributed by atoms with van der Waals surface area (Å²) in [7, 11) is 0. The van der Waals surface area contributed by atoms with Crippen LogP contribution in [0.3, 0.4) is 0 Å². The highest BCUT2D eigenvalue weighted by atomic mass is 35.5. The van der Waals surface area contributed by atoms with Gasteiger partial charge in [-0.25, -0.2) is 8.78 Å². The Morgan fingerprint density at radius 2 is 1.58 bits per heavy atom. The summed E-state index contributed by atoms with van der Waals surface area (Å²) in [4.78, 5) is 26.8. The Bertz CT molecular complexity index is 1050. The van der Waals surface area contributed by atoms with Crippen molar-refractivity contribution in [3.05, 3.63) is 95.6 Å². The summed E-state index contributed by atoms with van der Waals surface area (Å²) in [5, 5.41) is 0.472. The van der Waals surface area contributed by atoms with Crippen LogP contribution in [0.2, 0.25) is 5.02 Å². The number of halogens is 3. The lowest BCUT2D eigenvalue weighted by Gasteiger charge is -2.25. The second kappa shape index (κ2) is 20.3. The van der Waals surface area contributed by atoms with E-state index in [-0.39, 0.29) is 0 Å². The smallest absolute Gasteiger partial charge is 0.264 e. The van der Waals surface area contributed by atoms with Gasteiger partial charge in [-0.15, -0.1) is 12.6 Å². The molecule has 0 radical (unpaired) electrons. The lowest BCUT2D eigenvalue weighted by molar-refractivity contribution is -0.104. The molecule has 0 aromatic heterocycles. The van der Waals surface area contributed by atoms with Crippen LogP contribution in [-0.2, 0) is 4.79 Å². The summed E-state index contributed by atoms with van der Waals surface area (Å²) in [5.74, 6) is -2.49. The minimum absolute atomic E-state index is 0.322. The van der Waals surface area contributed by atoms with Crippen LogP contribution in [0.15, 0.2) is 78.3 Å². The van der Waals surface area contributed by atoms with E-state index < -0.39 is 23.1 Å². The number of carbonyl (C=O) groups excluding carboxylic acids is 2. The maximum absolute atomic E-state index is 14.2. The monoisotopic (exact) mass is 564 g/mol. The van der Waals surface area contributed by atoms with Crippen LogP contribution in [0.4, 0.5) is 14.5 Å². The molecule has 0 fully saturated rings. The molecule has 0 saturated heterocycles. The van der Waals surface area contributed by atoms with Gasteiger partial charge in [0.05, 0.1) is 5.69 Å². The zero-order chi connectivity index (χ0) is 29.1. The zero-order valence-corrected chi connectivity index (χ0v) is 24.4. The average molecular weight is 565 g/mol. The minimum Gasteiger partial charge on any atom is -0.307 e. The number of benzene rings is 2. The fraction of sp³-hybridized carbons (Fsp3) is 0.333. The third kappa shape index (κ3) is 12.7. The Kier molecular flexibility index (Phi) is 18.8. The van der Waals surface area contributed by atoms with Gasteiger partial charge in [-0.05, 0) is 82.2 Å². The second-order valence-electron chi connectivity index (χ2n) is 8.04. The summed E-state index contributed by atoms with van der Waals surface area (Å²) < 4.78 is 28.4. The molecule has 0 N–H and O–H groups in total. The number of rotatable bonds is 11. The Labute approximate surface area is 237 Å².